The normalized spacial score (nSPS) is 46.0. The van der Waals surface area contributed by atoms with Crippen LogP contribution >= 0.6 is 0 Å². The number of alkyl halides is 2. The molecule has 3 heteroatoms. The van der Waals surface area contributed by atoms with Crippen LogP contribution in [-0.2, 0) is 0 Å². The lowest BCUT2D eigenvalue weighted by Crippen LogP contribution is -2.46. The van der Waals surface area contributed by atoms with Crippen molar-refractivity contribution in [2.75, 3.05) is 13.1 Å². The van der Waals surface area contributed by atoms with Gasteiger partial charge in [0.05, 0.1) is 0 Å². The molecule has 2 atom stereocenters. The minimum absolute atomic E-state index is 0.116. The van der Waals surface area contributed by atoms with Gasteiger partial charge in [-0.3, -0.25) is 0 Å². The van der Waals surface area contributed by atoms with E-state index in [0.29, 0.717) is 6.54 Å². The van der Waals surface area contributed by atoms with Gasteiger partial charge in [0.1, 0.15) is 0 Å². The lowest BCUT2D eigenvalue weighted by molar-refractivity contribution is -0.152. The van der Waals surface area contributed by atoms with Crippen LogP contribution in [0.25, 0.3) is 0 Å². The zero-order valence-corrected chi connectivity index (χ0v) is 5.03. The maximum atomic E-state index is 12.5. The molecule has 0 amide bonds. The van der Waals surface area contributed by atoms with E-state index in [4.69, 9.17) is 0 Å². The maximum absolute atomic E-state index is 12.5. The number of hydrogen-bond donors (Lipinski definition) is 1. The summed E-state index contributed by atoms with van der Waals surface area (Å²) in [4.78, 5) is 0. The molecule has 0 aromatic rings. The zero-order chi connectivity index (χ0) is 6.48. The Balaban J connectivity index is 2.09. The van der Waals surface area contributed by atoms with Crippen LogP contribution in [0, 0.1) is 11.8 Å². The quantitative estimate of drug-likeness (QED) is 0.516. The first kappa shape index (κ1) is 5.59. The molecular weight excluding hydrogens is 124 g/mol. The predicted octanol–water partition coefficient (Wildman–Crippen LogP) is 0.861. The van der Waals surface area contributed by atoms with Crippen molar-refractivity contribution in [3.8, 4) is 0 Å². The van der Waals surface area contributed by atoms with Gasteiger partial charge >= 0.3 is 0 Å². The van der Waals surface area contributed by atoms with E-state index in [9.17, 15) is 8.78 Å². The van der Waals surface area contributed by atoms with Crippen molar-refractivity contribution < 1.29 is 8.78 Å². The molecule has 2 fully saturated rings. The maximum Gasteiger partial charge on any atom is 0.252 e. The van der Waals surface area contributed by atoms with Crippen molar-refractivity contribution in [3.05, 3.63) is 0 Å². The topological polar surface area (TPSA) is 12.0 Å². The van der Waals surface area contributed by atoms with E-state index in [1.807, 2.05) is 0 Å². The van der Waals surface area contributed by atoms with Gasteiger partial charge in [-0.05, 0) is 12.5 Å². The molecule has 1 nitrogen and oxygen atoms in total. The van der Waals surface area contributed by atoms with E-state index in [2.05, 4.69) is 5.32 Å². The van der Waals surface area contributed by atoms with Crippen molar-refractivity contribution in [2.45, 2.75) is 12.3 Å². The van der Waals surface area contributed by atoms with E-state index >= 15 is 0 Å². The fourth-order valence-electron chi connectivity index (χ4n) is 1.78. The van der Waals surface area contributed by atoms with Crippen LogP contribution in [0.4, 0.5) is 8.78 Å². The van der Waals surface area contributed by atoms with Crippen molar-refractivity contribution in [1.29, 1.82) is 0 Å². The van der Waals surface area contributed by atoms with Gasteiger partial charge in [0.25, 0.3) is 5.92 Å². The highest BCUT2D eigenvalue weighted by molar-refractivity contribution is 5.01. The van der Waals surface area contributed by atoms with Gasteiger partial charge in [0, 0.05) is 18.9 Å². The lowest BCUT2D eigenvalue weighted by atomic mass is 9.72. The molecule has 9 heavy (non-hydrogen) atoms. The van der Waals surface area contributed by atoms with Gasteiger partial charge in [0.15, 0.2) is 0 Å². The summed E-state index contributed by atoms with van der Waals surface area (Å²) >= 11 is 0. The van der Waals surface area contributed by atoms with Crippen LogP contribution in [-0.4, -0.2) is 19.0 Å². The molecule has 0 unspecified atom stereocenters. The molecule has 1 N–H and O–H groups in total. The van der Waals surface area contributed by atoms with Gasteiger partial charge in [-0.15, -0.1) is 0 Å². The highest BCUT2D eigenvalue weighted by atomic mass is 19.3. The Morgan fingerprint density at radius 2 is 2.11 bits per heavy atom. The fourth-order valence-corrected chi connectivity index (χ4v) is 1.78. The van der Waals surface area contributed by atoms with Crippen LogP contribution in [0.5, 0.6) is 0 Å². The van der Waals surface area contributed by atoms with E-state index in [1.54, 1.807) is 0 Å². The molecule has 1 saturated heterocycles. The van der Waals surface area contributed by atoms with Gasteiger partial charge in [-0.25, -0.2) is 8.78 Å². The molecule has 2 aliphatic rings. The smallest absolute Gasteiger partial charge is 0.252 e. The van der Waals surface area contributed by atoms with Crippen LogP contribution in [0.2, 0.25) is 0 Å². The number of rotatable bonds is 0. The minimum Gasteiger partial charge on any atom is -0.316 e. The Labute approximate surface area is 52.4 Å². The van der Waals surface area contributed by atoms with Crippen LogP contribution in [0.1, 0.15) is 6.42 Å². The molecule has 0 spiro atoms. The molecule has 0 bridgehead atoms. The van der Waals surface area contributed by atoms with Crippen molar-refractivity contribution in [2.24, 2.45) is 11.8 Å². The second-order valence-corrected chi connectivity index (χ2v) is 2.99. The second-order valence-electron chi connectivity index (χ2n) is 2.99. The molecule has 2 rings (SSSR count). The third-order valence-corrected chi connectivity index (χ3v) is 2.42. The summed E-state index contributed by atoms with van der Waals surface area (Å²) in [6.07, 6.45) is 0.116. The van der Waals surface area contributed by atoms with Crippen LogP contribution in [0.3, 0.4) is 0 Å². The summed E-state index contributed by atoms with van der Waals surface area (Å²) < 4.78 is 24.9. The third-order valence-electron chi connectivity index (χ3n) is 2.42. The Bertz CT molecular complexity index is 135. The van der Waals surface area contributed by atoms with Crippen molar-refractivity contribution >= 4 is 0 Å². The largest absolute Gasteiger partial charge is 0.316 e. The Morgan fingerprint density at radius 1 is 1.33 bits per heavy atom. The Kier molecular flexibility index (Phi) is 0.903. The van der Waals surface area contributed by atoms with E-state index in [-0.39, 0.29) is 18.3 Å². The summed E-state index contributed by atoms with van der Waals surface area (Å²) in [5.41, 5.74) is 0. The minimum atomic E-state index is -2.34. The van der Waals surface area contributed by atoms with Crippen molar-refractivity contribution in [1.82, 2.24) is 5.32 Å². The summed E-state index contributed by atoms with van der Waals surface area (Å²) in [6.45, 7) is 1.33. The molecule has 1 aliphatic heterocycles. The molecule has 1 saturated carbocycles. The fraction of sp³-hybridized carbons (Fsp3) is 1.00. The molecule has 52 valence electrons. The van der Waals surface area contributed by atoms with Crippen LogP contribution in [0.15, 0.2) is 0 Å². The van der Waals surface area contributed by atoms with Gasteiger partial charge in [-0.2, -0.15) is 0 Å². The number of fused-ring (bicyclic) bond motifs is 1. The standard InChI is InChI=1S/C6H9F2N/c7-6(8)1-4-2-9-3-5(4)6/h4-5,9H,1-3H2/t4-,5+/m1/s1. The first-order chi connectivity index (χ1) is 4.20. The average molecular weight is 133 g/mol. The van der Waals surface area contributed by atoms with Gasteiger partial charge < -0.3 is 5.32 Å². The molecule has 0 aromatic heterocycles. The Morgan fingerprint density at radius 3 is 2.56 bits per heavy atom. The molecule has 1 heterocycles. The summed E-state index contributed by atoms with van der Waals surface area (Å²) in [7, 11) is 0. The lowest BCUT2D eigenvalue weighted by Gasteiger charge is -2.38. The summed E-state index contributed by atoms with van der Waals surface area (Å²) in [6, 6.07) is 0. The highest BCUT2D eigenvalue weighted by Crippen LogP contribution is 2.49. The SMILES string of the molecule is FC1(F)C[C@@H]2CNC[C@@H]21. The first-order valence-corrected chi connectivity index (χ1v) is 3.29. The predicted molar refractivity (Wildman–Crippen MR) is 29.4 cm³/mol. The molecule has 0 radical (unpaired) electrons. The molecule has 1 aliphatic carbocycles. The second kappa shape index (κ2) is 1.45. The monoisotopic (exact) mass is 133 g/mol. The van der Waals surface area contributed by atoms with Crippen molar-refractivity contribution in [3.63, 3.8) is 0 Å². The highest BCUT2D eigenvalue weighted by Gasteiger charge is 2.57. The molecular formula is C6H9F2N. The number of hydrogen-bond acceptors (Lipinski definition) is 1. The van der Waals surface area contributed by atoms with Crippen LogP contribution < -0.4 is 5.32 Å². The van der Waals surface area contributed by atoms with Gasteiger partial charge in [0.2, 0.25) is 0 Å². The Hall–Kier alpha value is -0.180. The van der Waals surface area contributed by atoms with E-state index in [1.165, 1.54) is 0 Å². The van der Waals surface area contributed by atoms with E-state index < -0.39 is 5.92 Å². The zero-order valence-electron chi connectivity index (χ0n) is 5.03. The number of halogens is 2. The number of nitrogens with one attached hydrogen (secondary N) is 1. The summed E-state index contributed by atoms with van der Waals surface area (Å²) in [5, 5.41) is 2.96. The average Bonchev–Trinajstić information content (AvgIpc) is 2.10. The third kappa shape index (κ3) is 0.611. The summed E-state index contributed by atoms with van der Waals surface area (Å²) in [5.74, 6) is -2.40. The van der Waals surface area contributed by atoms with Gasteiger partial charge in [-0.1, -0.05) is 0 Å². The molecule has 0 aromatic carbocycles. The van der Waals surface area contributed by atoms with E-state index in [0.717, 1.165) is 6.54 Å². The first-order valence-electron chi connectivity index (χ1n) is 3.29.